The van der Waals surface area contributed by atoms with Gasteiger partial charge in [0.05, 0.1) is 48.2 Å². The fraction of sp³-hybridized carbons (Fsp3) is 0.444. The first kappa shape index (κ1) is 18.8. The number of non-ortho nitro benzene ring substituents is 1. The van der Waals surface area contributed by atoms with Crippen LogP contribution < -0.4 is 5.56 Å². The van der Waals surface area contributed by atoms with Crippen molar-refractivity contribution in [1.82, 2.24) is 14.8 Å². The van der Waals surface area contributed by atoms with Crippen LogP contribution in [-0.2, 0) is 11.2 Å². The van der Waals surface area contributed by atoms with Crippen molar-refractivity contribution in [3.05, 3.63) is 56.0 Å². The molecule has 3 rings (SSSR count). The standard InChI is InChI=1S/C18H23N5O4/c1-3-4-16-17(13(2)19-21-9-11-27-12-10-21)18(24)22(20-16)14-5-7-15(8-6-14)23(25)26/h5-8,20H,3-4,9-12H2,1-2H3/b19-13+. The van der Waals surface area contributed by atoms with Crippen LogP contribution in [0.2, 0.25) is 0 Å². The number of aryl methyl sites for hydroxylation is 1. The van der Waals surface area contributed by atoms with Gasteiger partial charge in [-0.05, 0) is 25.5 Å². The number of benzene rings is 1. The molecule has 0 amide bonds. The number of nitrogens with zero attached hydrogens (tertiary/aromatic N) is 4. The smallest absolute Gasteiger partial charge is 0.280 e. The second-order valence-corrected chi connectivity index (χ2v) is 6.38. The van der Waals surface area contributed by atoms with Crippen LogP contribution in [0.3, 0.4) is 0 Å². The molecule has 1 aliphatic rings. The number of hydrogen-bond acceptors (Lipinski definition) is 6. The number of ether oxygens (including phenoxy) is 1. The minimum absolute atomic E-state index is 0.0163. The molecule has 144 valence electrons. The lowest BCUT2D eigenvalue weighted by molar-refractivity contribution is -0.384. The molecule has 1 saturated heterocycles. The first-order valence-corrected chi connectivity index (χ1v) is 8.98. The van der Waals surface area contributed by atoms with Gasteiger partial charge in [-0.2, -0.15) is 5.10 Å². The zero-order valence-electron chi connectivity index (χ0n) is 15.5. The Balaban J connectivity index is 1.99. The molecule has 9 heteroatoms. The highest BCUT2D eigenvalue weighted by Crippen LogP contribution is 2.16. The summed E-state index contributed by atoms with van der Waals surface area (Å²) in [6.45, 7) is 6.51. The molecule has 1 aromatic carbocycles. The summed E-state index contributed by atoms with van der Waals surface area (Å²) in [4.78, 5) is 23.4. The number of nitro benzene ring substituents is 1. The first-order chi connectivity index (χ1) is 13.0. The van der Waals surface area contributed by atoms with Crippen molar-refractivity contribution in [2.75, 3.05) is 26.3 Å². The van der Waals surface area contributed by atoms with Gasteiger partial charge in [0.25, 0.3) is 11.2 Å². The highest BCUT2D eigenvalue weighted by molar-refractivity contribution is 5.99. The van der Waals surface area contributed by atoms with E-state index in [1.54, 1.807) is 12.1 Å². The monoisotopic (exact) mass is 373 g/mol. The molecule has 0 saturated carbocycles. The zero-order valence-corrected chi connectivity index (χ0v) is 15.5. The van der Waals surface area contributed by atoms with Gasteiger partial charge in [-0.3, -0.25) is 25.0 Å². The largest absolute Gasteiger partial charge is 0.378 e. The van der Waals surface area contributed by atoms with Gasteiger partial charge in [0.2, 0.25) is 0 Å². The second-order valence-electron chi connectivity index (χ2n) is 6.38. The molecule has 0 unspecified atom stereocenters. The number of aromatic amines is 1. The highest BCUT2D eigenvalue weighted by atomic mass is 16.6. The number of H-pyrrole nitrogens is 1. The minimum atomic E-state index is -0.464. The third kappa shape index (κ3) is 4.08. The summed E-state index contributed by atoms with van der Waals surface area (Å²) in [5.41, 5.74) is 2.35. The number of aromatic nitrogens is 2. The summed E-state index contributed by atoms with van der Waals surface area (Å²) in [5, 5.41) is 20.5. The minimum Gasteiger partial charge on any atom is -0.378 e. The average Bonchev–Trinajstić information content (AvgIpc) is 2.99. The van der Waals surface area contributed by atoms with E-state index >= 15 is 0 Å². The lowest BCUT2D eigenvalue weighted by Crippen LogP contribution is -2.33. The van der Waals surface area contributed by atoms with Crippen LogP contribution in [0.4, 0.5) is 5.69 Å². The normalized spacial score (nSPS) is 15.2. The Morgan fingerprint density at radius 3 is 2.56 bits per heavy atom. The predicted molar refractivity (Wildman–Crippen MR) is 102 cm³/mol. The number of rotatable bonds is 6. The fourth-order valence-electron chi connectivity index (χ4n) is 3.11. The van der Waals surface area contributed by atoms with Crippen molar-refractivity contribution in [3.8, 4) is 5.69 Å². The molecule has 2 heterocycles. The van der Waals surface area contributed by atoms with Gasteiger partial charge >= 0.3 is 0 Å². The van der Waals surface area contributed by atoms with Crippen LogP contribution in [-0.4, -0.2) is 51.7 Å². The van der Waals surface area contributed by atoms with Gasteiger partial charge < -0.3 is 4.74 Å². The van der Waals surface area contributed by atoms with Crippen LogP contribution in [0.5, 0.6) is 0 Å². The van der Waals surface area contributed by atoms with Crippen LogP contribution in [0.25, 0.3) is 5.69 Å². The van der Waals surface area contributed by atoms with Gasteiger partial charge in [-0.1, -0.05) is 13.3 Å². The summed E-state index contributed by atoms with van der Waals surface area (Å²) in [7, 11) is 0. The van der Waals surface area contributed by atoms with Crippen LogP contribution in [0.15, 0.2) is 34.2 Å². The van der Waals surface area contributed by atoms with Crippen molar-refractivity contribution in [1.29, 1.82) is 0 Å². The Morgan fingerprint density at radius 1 is 1.30 bits per heavy atom. The van der Waals surface area contributed by atoms with Crippen LogP contribution >= 0.6 is 0 Å². The molecule has 1 aliphatic heterocycles. The summed E-state index contributed by atoms with van der Waals surface area (Å²) in [6, 6.07) is 5.89. The van der Waals surface area contributed by atoms with Gasteiger partial charge in [-0.15, -0.1) is 0 Å². The molecule has 2 aromatic rings. The van der Waals surface area contributed by atoms with Gasteiger partial charge in [0.1, 0.15) is 0 Å². The van der Waals surface area contributed by atoms with Crippen molar-refractivity contribution in [2.24, 2.45) is 5.10 Å². The molecule has 0 aliphatic carbocycles. The van der Waals surface area contributed by atoms with E-state index in [9.17, 15) is 14.9 Å². The lowest BCUT2D eigenvalue weighted by atomic mass is 10.1. The molecule has 27 heavy (non-hydrogen) atoms. The van der Waals surface area contributed by atoms with E-state index < -0.39 is 4.92 Å². The number of hydrogen-bond donors (Lipinski definition) is 1. The summed E-state index contributed by atoms with van der Waals surface area (Å²) < 4.78 is 6.75. The third-order valence-corrected chi connectivity index (χ3v) is 4.42. The van der Waals surface area contributed by atoms with Gasteiger partial charge in [-0.25, -0.2) is 4.68 Å². The van der Waals surface area contributed by atoms with E-state index in [1.165, 1.54) is 16.8 Å². The van der Waals surface area contributed by atoms with E-state index in [0.29, 0.717) is 49.7 Å². The Labute approximate surface area is 156 Å². The molecule has 0 radical (unpaired) electrons. The van der Waals surface area contributed by atoms with E-state index in [0.717, 1.165) is 12.1 Å². The highest BCUT2D eigenvalue weighted by Gasteiger charge is 2.19. The van der Waals surface area contributed by atoms with E-state index in [4.69, 9.17) is 4.74 Å². The maximum Gasteiger partial charge on any atom is 0.280 e. The molecule has 0 bridgehead atoms. The zero-order chi connectivity index (χ0) is 19.4. The molecule has 1 fully saturated rings. The molecule has 0 atom stereocenters. The fourth-order valence-corrected chi connectivity index (χ4v) is 3.11. The Hall–Kier alpha value is -2.94. The number of morpholine rings is 1. The molecule has 9 nitrogen and oxygen atoms in total. The Morgan fingerprint density at radius 2 is 1.96 bits per heavy atom. The second kappa shape index (κ2) is 8.17. The SMILES string of the molecule is CCCc1[nH]n(-c2ccc([N+](=O)[O-])cc2)c(=O)c1/C(C)=N/N1CCOCC1. The lowest BCUT2D eigenvalue weighted by Gasteiger charge is -2.24. The molecule has 0 spiro atoms. The summed E-state index contributed by atoms with van der Waals surface area (Å²) in [6.07, 6.45) is 1.58. The maximum atomic E-state index is 13.0. The predicted octanol–water partition coefficient (Wildman–Crippen LogP) is 2.08. The topological polar surface area (TPSA) is 106 Å². The third-order valence-electron chi connectivity index (χ3n) is 4.42. The summed E-state index contributed by atoms with van der Waals surface area (Å²) >= 11 is 0. The Bertz CT molecular complexity index is 891. The van der Waals surface area contributed by atoms with Crippen molar-refractivity contribution in [3.63, 3.8) is 0 Å². The molecular weight excluding hydrogens is 350 g/mol. The van der Waals surface area contributed by atoms with Gasteiger partial charge in [0.15, 0.2) is 0 Å². The first-order valence-electron chi connectivity index (χ1n) is 8.98. The van der Waals surface area contributed by atoms with E-state index in [2.05, 4.69) is 10.2 Å². The molecule has 1 N–H and O–H groups in total. The number of hydrazone groups is 1. The van der Waals surface area contributed by atoms with Crippen molar-refractivity contribution in [2.45, 2.75) is 26.7 Å². The van der Waals surface area contributed by atoms with Crippen LogP contribution in [0.1, 0.15) is 31.5 Å². The quantitative estimate of drug-likeness (QED) is 0.474. The number of nitrogens with one attached hydrogen (secondary N) is 1. The number of nitro groups is 1. The van der Waals surface area contributed by atoms with Gasteiger partial charge in [0, 0.05) is 17.8 Å². The van der Waals surface area contributed by atoms with Crippen molar-refractivity contribution >= 4 is 11.4 Å². The molecular formula is C18H23N5O4. The van der Waals surface area contributed by atoms with Crippen molar-refractivity contribution < 1.29 is 9.66 Å². The Kier molecular flexibility index (Phi) is 5.70. The maximum absolute atomic E-state index is 13.0. The van der Waals surface area contributed by atoms with E-state index in [1.807, 2.05) is 18.9 Å². The van der Waals surface area contributed by atoms with Crippen LogP contribution in [0, 0.1) is 10.1 Å². The molecule has 1 aromatic heterocycles. The van der Waals surface area contributed by atoms with E-state index in [-0.39, 0.29) is 11.2 Å². The average molecular weight is 373 g/mol. The summed E-state index contributed by atoms with van der Waals surface area (Å²) in [5.74, 6) is 0.